The van der Waals surface area contributed by atoms with Gasteiger partial charge < -0.3 is 10.6 Å². The van der Waals surface area contributed by atoms with Crippen molar-refractivity contribution < 1.29 is 0 Å². The molecule has 3 nitrogen and oxygen atoms in total. The molecule has 0 aliphatic heterocycles. The van der Waals surface area contributed by atoms with Gasteiger partial charge in [0.2, 0.25) is 0 Å². The van der Waals surface area contributed by atoms with Crippen molar-refractivity contribution in [3.05, 3.63) is 0 Å². The number of hydrogen-bond donors (Lipinski definition) is 1. The van der Waals surface area contributed by atoms with Crippen molar-refractivity contribution in [1.29, 1.82) is 0 Å². The lowest BCUT2D eigenvalue weighted by Gasteiger charge is -2.50. The highest BCUT2D eigenvalue weighted by molar-refractivity contribution is 4.98. The molecule has 1 saturated carbocycles. The Hall–Kier alpha value is -0.120. The fraction of sp³-hybridized carbons (Fsp3) is 1.00. The van der Waals surface area contributed by atoms with Crippen molar-refractivity contribution in [3.8, 4) is 0 Å². The first-order chi connectivity index (χ1) is 9.64. The zero-order chi connectivity index (χ0) is 15.0. The van der Waals surface area contributed by atoms with Crippen molar-refractivity contribution in [3.63, 3.8) is 0 Å². The summed E-state index contributed by atoms with van der Waals surface area (Å²) in [5.41, 5.74) is 6.51. The molecule has 2 atom stereocenters. The topological polar surface area (TPSA) is 32.5 Å². The molecule has 0 saturated heterocycles. The molecule has 0 bridgehead atoms. The van der Waals surface area contributed by atoms with E-state index in [1.54, 1.807) is 0 Å². The third kappa shape index (κ3) is 4.19. The van der Waals surface area contributed by atoms with Crippen LogP contribution in [0.1, 0.15) is 59.8 Å². The van der Waals surface area contributed by atoms with Crippen molar-refractivity contribution in [1.82, 2.24) is 9.80 Å². The van der Waals surface area contributed by atoms with E-state index in [2.05, 4.69) is 37.5 Å². The summed E-state index contributed by atoms with van der Waals surface area (Å²) in [6.45, 7) is 16.0. The summed E-state index contributed by atoms with van der Waals surface area (Å²) in [4.78, 5) is 5.22. The first kappa shape index (κ1) is 17.9. The highest BCUT2D eigenvalue weighted by Crippen LogP contribution is 2.37. The van der Waals surface area contributed by atoms with E-state index in [9.17, 15) is 0 Å². The van der Waals surface area contributed by atoms with Gasteiger partial charge >= 0.3 is 0 Å². The van der Waals surface area contributed by atoms with Crippen LogP contribution in [0, 0.1) is 5.92 Å². The molecule has 1 aliphatic rings. The van der Waals surface area contributed by atoms with E-state index < -0.39 is 0 Å². The maximum atomic E-state index is 6.24. The van der Waals surface area contributed by atoms with Gasteiger partial charge in [0.1, 0.15) is 0 Å². The standard InChI is InChI=1S/C17H37N3/c1-5-19(6-2)13-10-14-20(7-3)17(15-18)12-9-8-11-16(17)4/h16H,5-15,18H2,1-4H3. The second-order valence-corrected chi connectivity index (χ2v) is 6.41. The van der Waals surface area contributed by atoms with E-state index >= 15 is 0 Å². The number of likely N-dealkylation sites (N-methyl/N-ethyl adjacent to an activating group) is 1. The minimum atomic E-state index is 0.274. The maximum absolute atomic E-state index is 6.24. The highest BCUT2D eigenvalue weighted by Gasteiger charge is 2.41. The Kier molecular flexibility index (Phi) is 8.08. The molecular weight excluding hydrogens is 246 g/mol. The zero-order valence-electron chi connectivity index (χ0n) is 14.3. The Labute approximate surface area is 126 Å². The first-order valence-electron chi connectivity index (χ1n) is 8.82. The third-order valence-corrected chi connectivity index (χ3v) is 5.58. The predicted octanol–water partition coefficient (Wildman–Crippen LogP) is 2.95. The lowest BCUT2D eigenvalue weighted by molar-refractivity contribution is 0.0145. The normalized spacial score (nSPS) is 27.4. The fourth-order valence-electron chi connectivity index (χ4n) is 4.02. The molecule has 120 valence electrons. The molecule has 20 heavy (non-hydrogen) atoms. The molecule has 1 aliphatic carbocycles. The second-order valence-electron chi connectivity index (χ2n) is 6.41. The number of nitrogens with two attached hydrogens (primary N) is 1. The molecule has 0 heterocycles. The molecule has 0 spiro atoms. The Morgan fingerprint density at radius 1 is 1.05 bits per heavy atom. The summed E-state index contributed by atoms with van der Waals surface area (Å²) in [6.07, 6.45) is 6.66. The fourth-order valence-corrected chi connectivity index (χ4v) is 4.02. The minimum absolute atomic E-state index is 0.274. The highest BCUT2D eigenvalue weighted by atomic mass is 15.2. The first-order valence-corrected chi connectivity index (χ1v) is 8.82. The summed E-state index contributed by atoms with van der Waals surface area (Å²) < 4.78 is 0. The van der Waals surface area contributed by atoms with Gasteiger partial charge in [-0.3, -0.25) is 4.90 Å². The van der Waals surface area contributed by atoms with E-state index in [1.165, 1.54) is 58.3 Å². The smallest absolute Gasteiger partial charge is 0.0357 e. The van der Waals surface area contributed by atoms with Crippen LogP contribution < -0.4 is 5.73 Å². The van der Waals surface area contributed by atoms with Crippen molar-refractivity contribution in [2.45, 2.75) is 65.3 Å². The van der Waals surface area contributed by atoms with Gasteiger partial charge in [-0.05, 0) is 57.9 Å². The molecule has 0 aromatic carbocycles. The number of rotatable bonds is 9. The largest absolute Gasteiger partial charge is 0.329 e. The van der Waals surface area contributed by atoms with Gasteiger partial charge in [-0.2, -0.15) is 0 Å². The van der Waals surface area contributed by atoms with Crippen LogP contribution in [0.25, 0.3) is 0 Å². The van der Waals surface area contributed by atoms with Gasteiger partial charge in [-0.1, -0.05) is 40.5 Å². The van der Waals surface area contributed by atoms with Gasteiger partial charge in [-0.25, -0.2) is 0 Å². The van der Waals surface area contributed by atoms with Gasteiger partial charge in [0.25, 0.3) is 0 Å². The third-order valence-electron chi connectivity index (χ3n) is 5.58. The average Bonchev–Trinajstić information content (AvgIpc) is 2.49. The SMILES string of the molecule is CCN(CC)CCCN(CC)C1(CN)CCCCC1C. The van der Waals surface area contributed by atoms with Crippen LogP contribution in [0.4, 0.5) is 0 Å². The maximum Gasteiger partial charge on any atom is 0.0357 e. The molecule has 0 aromatic rings. The summed E-state index contributed by atoms with van der Waals surface area (Å²) in [6, 6.07) is 0. The molecule has 3 heteroatoms. The monoisotopic (exact) mass is 283 g/mol. The summed E-state index contributed by atoms with van der Waals surface area (Å²) in [5.74, 6) is 0.745. The van der Waals surface area contributed by atoms with Crippen LogP contribution in [-0.4, -0.2) is 54.6 Å². The van der Waals surface area contributed by atoms with Gasteiger partial charge in [-0.15, -0.1) is 0 Å². The van der Waals surface area contributed by atoms with Gasteiger partial charge in [0.05, 0.1) is 0 Å². The summed E-state index contributed by atoms with van der Waals surface area (Å²) >= 11 is 0. The zero-order valence-corrected chi connectivity index (χ0v) is 14.3. The summed E-state index contributed by atoms with van der Waals surface area (Å²) in [5, 5.41) is 0. The quantitative estimate of drug-likeness (QED) is 0.706. The summed E-state index contributed by atoms with van der Waals surface area (Å²) in [7, 11) is 0. The van der Waals surface area contributed by atoms with E-state index in [0.717, 1.165) is 19.0 Å². The predicted molar refractivity (Wildman–Crippen MR) is 89.1 cm³/mol. The van der Waals surface area contributed by atoms with Crippen LogP contribution in [0.2, 0.25) is 0 Å². The van der Waals surface area contributed by atoms with Crippen LogP contribution >= 0.6 is 0 Å². The molecule has 2 N–H and O–H groups in total. The van der Waals surface area contributed by atoms with Crippen molar-refractivity contribution >= 4 is 0 Å². The Morgan fingerprint density at radius 3 is 2.25 bits per heavy atom. The number of nitrogens with zero attached hydrogens (tertiary/aromatic N) is 2. The van der Waals surface area contributed by atoms with E-state index in [1.807, 2.05) is 0 Å². The van der Waals surface area contributed by atoms with E-state index in [-0.39, 0.29) is 5.54 Å². The Bertz CT molecular complexity index is 253. The molecule has 2 unspecified atom stereocenters. The molecule has 1 rings (SSSR count). The van der Waals surface area contributed by atoms with Gasteiger partial charge in [0, 0.05) is 12.1 Å². The van der Waals surface area contributed by atoms with Crippen molar-refractivity contribution in [2.24, 2.45) is 11.7 Å². The number of hydrogen-bond acceptors (Lipinski definition) is 3. The molecular formula is C17H37N3. The lowest BCUT2D eigenvalue weighted by Crippen LogP contribution is -2.59. The molecule has 1 fully saturated rings. The Morgan fingerprint density at radius 2 is 1.75 bits per heavy atom. The average molecular weight is 284 g/mol. The van der Waals surface area contributed by atoms with Crippen LogP contribution in [0.5, 0.6) is 0 Å². The molecule has 0 radical (unpaired) electrons. The van der Waals surface area contributed by atoms with Gasteiger partial charge in [0.15, 0.2) is 0 Å². The molecule has 0 amide bonds. The van der Waals surface area contributed by atoms with Crippen LogP contribution in [0.15, 0.2) is 0 Å². The second kappa shape index (κ2) is 9.01. The van der Waals surface area contributed by atoms with Crippen molar-refractivity contribution in [2.75, 3.05) is 39.3 Å². The minimum Gasteiger partial charge on any atom is -0.329 e. The Balaban J connectivity index is 2.58. The van der Waals surface area contributed by atoms with E-state index in [0.29, 0.717) is 0 Å². The van der Waals surface area contributed by atoms with Crippen LogP contribution in [0.3, 0.4) is 0 Å². The lowest BCUT2D eigenvalue weighted by atomic mass is 9.72. The molecule has 0 aromatic heterocycles. The van der Waals surface area contributed by atoms with Crippen LogP contribution in [-0.2, 0) is 0 Å². The van der Waals surface area contributed by atoms with E-state index in [4.69, 9.17) is 5.73 Å².